The topological polar surface area (TPSA) is 108 Å². The van der Waals surface area contributed by atoms with Crippen molar-refractivity contribution in [2.45, 2.75) is 40.0 Å². The normalized spacial score (nSPS) is 10.8. The lowest BCUT2D eigenvalue weighted by Crippen LogP contribution is -2.24. The highest BCUT2D eigenvalue weighted by Gasteiger charge is 2.18. The van der Waals surface area contributed by atoms with Gasteiger partial charge in [0, 0.05) is 49.1 Å². The molecule has 2 amide bonds. The third-order valence-electron chi connectivity index (χ3n) is 6.40. The number of aromatic nitrogens is 2. The van der Waals surface area contributed by atoms with Gasteiger partial charge in [0.15, 0.2) is 11.6 Å². The van der Waals surface area contributed by atoms with Gasteiger partial charge in [-0.05, 0) is 43.0 Å². The van der Waals surface area contributed by atoms with E-state index in [-0.39, 0.29) is 22.6 Å². The fourth-order valence-corrected chi connectivity index (χ4v) is 5.03. The van der Waals surface area contributed by atoms with E-state index < -0.39 is 5.82 Å². The molecule has 2 aromatic carbocycles. The van der Waals surface area contributed by atoms with Gasteiger partial charge in [-0.15, -0.1) is 0 Å². The summed E-state index contributed by atoms with van der Waals surface area (Å²) in [7, 11) is 2.95. The number of amides is 2. The van der Waals surface area contributed by atoms with Crippen LogP contribution in [0.4, 0.5) is 4.39 Å². The van der Waals surface area contributed by atoms with E-state index in [4.69, 9.17) is 44.3 Å². The third kappa shape index (κ3) is 6.95. The summed E-state index contributed by atoms with van der Waals surface area (Å²) >= 11 is 18.4. The number of nitrogens with one attached hydrogen (secondary N) is 4. The van der Waals surface area contributed by atoms with Gasteiger partial charge in [0.25, 0.3) is 0 Å². The number of aryl methyl sites for hydroxylation is 1. The molecule has 12 heteroatoms. The number of H-pyrrole nitrogens is 2. The molecule has 2 heterocycles. The summed E-state index contributed by atoms with van der Waals surface area (Å²) in [6.45, 7) is 6.29. The predicted octanol–water partition coefficient (Wildman–Crippen LogP) is 6.51. The van der Waals surface area contributed by atoms with Gasteiger partial charge in [-0.3, -0.25) is 9.59 Å². The molecule has 216 valence electrons. The molecule has 4 N–H and O–H groups in total. The Morgan fingerprint density at radius 2 is 1.57 bits per heavy atom. The lowest BCUT2D eigenvalue weighted by atomic mass is 10.1. The molecule has 0 bridgehead atoms. The number of benzene rings is 2. The highest BCUT2D eigenvalue weighted by atomic mass is 35.5. The predicted molar refractivity (Wildman–Crippen MR) is 159 cm³/mol. The van der Waals surface area contributed by atoms with E-state index in [1.807, 2.05) is 26.1 Å². The molecular formula is C28H32Cl3FN4O4. The highest BCUT2D eigenvalue weighted by Crippen LogP contribution is 2.39. The SMILES string of the molecule is CCC(=O)NCCc1c[nH]c2c(Cl)c(Cl)c(OC)cc12.COc1cc2c(CCNC(C)=O)c(C)[nH]c2c(Cl)c1F. The van der Waals surface area contributed by atoms with Crippen LogP contribution in [0.25, 0.3) is 21.8 Å². The van der Waals surface area contributed by atoms with Crippen molar-refractivity contribution in [3.8, 4) is 11.5 Å². The lowest BCUT2D eigenvalue weighted by Gasteiger charge is -2.07. The standard InChI is InChI=1S/C14H16Cl2N2O2.C14H16ClFN2O2/c1-3-11(19)17-5-4-8-7-18-14-9(8)6-10(20-2)12(15)13(14)16;1-7-9(4-5-17-8(2)19)10-6-11(20-3)13(16)12(15)14(10)18-7/h6-7,18H,3-5H2,1-2H3,(H,17,19);6,18H,4-5H2,1-3H3,(H,17,19). The van der Waals surface area contributed by atoms with Crippen LogP contribution in [-0.2, 0) is 22.4 Å². The maximum absolute atomic E-state index is 13.9. The van der Waals surface area contributed by atoms with Crippen LogP contribution in [0, 0.1) is 12.7 Å². The Kier molecular flexibility index (Phi) is 11.0. The number of aromatic amines is 2. The zero-order valence-corrected chi connectivity index (χ0v) is 25.2. The van der Waals surface area contributed by atoms with Crippen molar-refractivity contribution in [3.63, 3.8) is 0 Å². The Bertz CT molecular complexity index is 1530. The minimum atomic E-state index is -0.573. The molecule has 8 nitrogen and oxygen atoms in total. The zero-order valence-electron chi connectivity index (χ0n) is 22.9. The smallest absolute Gasteiger partial charge is 0.219 e. The molecule has 0 aliphatic heterocycles. The van der Waals surface area contributed by atoms with Crippen LogP contribution in [-0.4, -0.2) is 49.1 Å². The van der Waals surface area contributed by atoms with Crippen molar-refractivity contribution < 1.29 is 23.5 Å². The van der Waals surface area contributed by atoms with Crippen LogP contribution >= 0.6 is 34.8 Å². The molecule has 2 aromatic heterocycles. The highest BCUT2D eigenvalue weighted by molar-refractivity contribution is 6.46. The van der Waals surface area contributed by atoms with Crippen molar-refractivity contribution in [1.82, 2.24) is 20.6 Å². The summed E-state index contributed by atoms with van der Waals surface area (Å²) in [5, 5.41) is 8.23. The first-order chi connectivity index (χ1) is 19.0. The Hall–Kier alpha value is -3.14. The van der Waals surface area contributed by atoms with Gasteiger partial charge >= 0.3 is 0 Å². The van der Waals surface area contributed by atoms with E-state index in [9.17, 15) is 14.0 Å². The van der Waals surface area contributed by atoms with Crippen molar-refractivity contribution in [2.24, 2.45) is 0 Å². The van der Waals surface area contributed by atoms with Gasteiger partial charge in [0.2, 0.25) is 11.8 Å². The number of hydrogen-bond donors (Lipinski definition) is 4. The van der Waals surface area contributed by atoms with Gasteiger partial charge in [-0.25, -0.2) is 4.39 Å². The fraction of sp³-hybridized carbons (Fsp3) is 0.357. The van der Waals surface area contributed by atoms with E-state index in [1.54, 1.807) is 13.2 Å². The van der Waals surface area contributed by atoms with Gasteiger partial charge in [-0.2, -0.15) is 0 Å². The number of fused-ring (bicyclic) bond motifs is 2. The molecule has 0 fully saturated rings. The lowest BCUT2D eigenvalue weighted by molar-refractivity contribution is -0.121. The molecule has 0 unspecified atom stereocenters. The van der Waals surface area contributed by atoms with Gasteiger partial charge in [0.1, 0.15) is 15.8 Å². The molecule has 0 radical (unpaired) electrons. The first-order valence-electron chi connectivity index (χ1n) is 12.6. The van der Waals surface area contributed by atoms with Gasteiger partial charge in [-0.1, -0.05) is 41.7 Å². The Morgan fingerprint density at radius 1 is 0.925 bits per heavy atom. The van der Waals surface area contributed by atoms with E-state index in [1.165, 1.54) is 14.0 Å². The molecule has 0 spiro atoms. The molecule has 0 atom stereocenters. The molecule has 0 aliphatic carbocycles. The van der Waals surface area contributed by atoms with Crippen molar-refractivity contribution >= 4 is 68.4 Å². The summed E-state index contributed by atoms with van der Waals surface area (Å²) in [6, 6.07) is 3.49. The Balaban J connectivity index is 0.000000220. The summed E-state index contributed by atoms with van der Waals surface area (Å²) in [5.41, 5.74) is 4.30. The maximum atomic E-state index is 13.9. The monoisotopic (exact) mass is 612 g/mol. The van der Waals surface area contributed by atoms with Crippen molar-refractivity contribution in [2.75, 3.05) is 27.3 Å². The Labute approximate surface area is 246 Å². The summed E-state index contributed by atoms with van der Waals surface area (Å²) < 4.78 is 24.1. The number of ether oxygens (including phenoxy) is 2. The molecule has 4 rings (SSSR count). The van der Waals surface area contributed by atoms with Crippen molar-refractivity contribution in [3.05, 3.63) is 56.0 Å². The van der Waals surface area contributed by atoms with Crippen molar-refractivity contribution in [1.29, 1.82) is 0 Å². The second-order valence-corrected chi connectivity index (χ2v) is 10.1. The molecule has 4 aromatic rings. The molecule has 0 saturated carbocycles. The molecule has 0 aliphatic rings. The van der Waals surface area contributed by atoms with Crippen LogP contribution in [0.2, 0.25) is 15.1 Å². The first-order valence-corrected chi connectivity index (χ1v) is 13.7. The van der Waals surface area contributed by atoms with E-state index in [0.29, 0.717) is 53.7 Å². The van der Waals surface area contributed by atoms with Crippen LogP contribution in [0.5, 0.6) is 11.5 Å². The molecule has 0 saturated heterocycles. The van der Waals surface area contributed by atoms with Crippen LogP contribution in [0.3, 0.4) is 0 Å². The van der Waals surface area contributed by atoms with Gasteiger partial charge in [0.05, 0.1) is 30.3 Å². The maximum Gasteiger partial charge on any atom is 0.219 e. The van der Waals surface area contributed by atoms with E-state index in [0.717, 1.165) is 33.1 Å². The summed E-state index contributed by atoms with van der Waals surface area (Å²) in [6.07, 6.45) is 3.72. The van der Waals surface area contributed by atoms with Gasteiger partial charge < -0.3 is 30.1 Å². The number of halogens is 4. The summed E-state index contributed by atoms with van der Waals surface area (Å²) in [4.78, 5) is 28.3. The minimum Gasteiger partial charge on any atom is -0.495 e. The fourth-order valence-electron chi connectivity index (χ4n) is 4.31. The minimum absolute atomic E-state index is 0.0215. The van der Waals surface area contributed by atoms with Crippen LogP contribution in [0.1, 0.15) is 37.1 Å². The first kappa shape index (κ1) is 31.4. The number of hydrogen-bond acceptors (Lipinski definition) is 4. The van der Waals surface area contributed by atoms with E-state index >= 15 is 0 Å². The zero-order chi connectivity index (χ0) is 29.6. The number of methoxy groups -OCH3 is 2. The average molecular weight is 614 g/mol. The molecular weight excluding hydrogens is 582 g/mol. The number of carbonyl (C=O) groups excluding carboxylic acids is 2. The van der Waals surface area contributed by atoms with Crippen LogP contribution < -0.4 is 20.1 Å². The van der Waals surface area contributed by atoms with E-state index in [2.05, 4.69) is 20.6 Å². The van der Waals surface area contributed by atoms with Crippen LogP contribution in [0.15, 0.2) is 18.3 Å². The second-order valence-electron chi connectivity index (χ2n) is 8.99. The molecule has 40 heavy (non-hydrogen) atoms. The number of rotatable bonds is 9. The number of carbonyl (C=O) groups is 2. The largest absolute Gasteiger partial charge is 0.495 e. The quantitative estimate of drug-likeness (QED) is 0.173. The Morgan fingerprint density at radius 3 is 2.20 bits per heavy atom. The second kappa shape index (κ2) is 14.0. The summed E-state index contributed by atoms with van der Waals surface area (Å²) in [5.74, 6) is 0.0499. The third-order valence-corrected chi connectivity index (χ3v) is 7.60. The average Bonchev–Trinajstić information content (AvgIpc) is 3.48.